The maximum Gasteiger partial charge on any atom is 0.354 e. The molecule has 3 N–H and O–H groups in total. The van der Waals surface area contributed by atoms with Gasteiger partial charge in [0.25, 0.3) is 11.8 Å². The van der Waals surface area contributed by atoms with Gasteiger partial charge < -0.3 is 20.5 Å². The van der Waals surface area contributed by atoms with Gasteiger partial charge in [-0.3, -0.25) is 9.59 Å². The van der Waals surface area contributed by atoms with Crippen LogP contribution in [0.15, 0.2) is 58.0 Å². The predicted octanol–water partition coefficient (Wildman–Crippen LogP) is 3.79. The van der Waals surface area contributed by atoms with Crippen LogP contribution in [0.2, 0.25) is 0 Å². The summed E-state index contributed by atoms with van der Waals surface area (Å²) in [5, 5.41) is 17.4. The number of esters is 1. The van der Waals surface area contributed by atoms with E-state index in [-0.39, 0.29) is 29.5 Å². The number of benzene rings is 2. The molecular formula is C23H20BrN3O5S. The summed E-state index contributed by atoms with van der Waals surface area (Å²) in [4.78, 5) is 41.6. The minimum atomic E-state index is -0.715. The number of aryl methyl sites for hydroxylation is 1. The lowest BCUT2D eigenvalue weighted by molar-refractivity contribution is -0.136. The second kappa shape index (κ2) is 10.9. The number of carbonyl (C=O) groups is 3. The molecule has 0 spiro atoms. The SMILES string of the molecule is COC(=O)C(=Cc1csc(C)n1)NC(=O)c1ccc(C(=O)NCc2cccc(O)c2)cc1Br. The number of rotatable bonds is 7. The standard InChI is InChI=1S/C23H20BrN3O5S/c1-13-26-16(12-33-13)10-20(23(31)32-2)27-22(30)18-7-6-15(9-19(18)24)21(29)25-11-14-4-3-5-17(28)8-14/h3-10,12,28H,11H2,1-2H3,(H,25,29)(H,27,30). The van der Waals surface area contributed by atoms with Gasteiger partial charge >= 0.3 is 5.97 Å². The lowest BCUT2D eigenvalue weighted by Crippen LogP contribution is -2.28. The van der Waals surface area contributed by atoms with Crippen LogP contribution in [-0.4, -0.2) is 35.0 Å². The van der Waals surface area contributed by atoms with Crippen LogP contribution < -0.4 is 10.6 Å². The maximum atomic E-state index is 12.8. The first-order valence-corrected chi connectivity index (χ1v) is 11.3. The lowest BCUT2D eigenvalue weighted by atomic mass is 10.1. The van der Waals surface area contributed by atoms with Crippen molar-refractivity contribution in [2.45, 2.75) is 13.5 Å². The third kappa shape index (κ3) is 6.50. The smallest absolute Gasteiger partial charge is 0.354 e. The Morgan fingerprint density at radius 2 is 1.97 bits per heavy atom. The number of thiazole rings is 1. The number of ether oxygens (including phenoxy) is 1. The van der Waals surface area contributed by atoms with E-state index < -0.39 is 11.9 Å². The zero-order valence-corrected chi connectivity index (χ0v) is 20.1. The molecular weight excluding hydrogens is 510 g/mol. The molecule has 1 aromatic heterocycles. The van der Waals surface area contributed by atoms with E-state index in [9.17, 15) is 19.5 Å². The molecule has 0 atom stereocenters. The Bertz CT molecular complexity index is 1240. The first-order chi connectivity index (χ1) is 15.8. The molecule has 8 nitrogen and oxygen atoms in total. The molecule has 0 radical (unpaired) electrons. The molecule has 0 saturated carbocycles. The Labute approximate surface area is 202 Å². The first-order valence-electron chi connectivity index (χ1n) is 9.66. The maximum absolute atomic E-state index is 12.8. The first kappa shape index (κ1) is 24.1. The number of phenols is 1. The molecule has 170 valence electrons. The number of aromatic nitrogens is 1. The van der Waals surface area contributed by atoms with Crippen molar-refractivity contribution in [2.75, 3.05) is 7.11 Å². The van der Waals surface area contributed by atoms with E-state index in [0.29, 0.717) is 15.7 Å². The Hall–Kier alpha value is -3.50. The fourth-order valence-corrected chi connectivity index (χ4v) is 3.96. The van der Waals surface area contributed by atoms with Crippen molar-refractivity contribution in [2.24, 2.45) is 0 Å². The average Bonchev–Trinajstić information content (AvgIpc) is 3.20. The van der Waals surface area contributed by atoms with E-state index in [0.717, 1.165) is 10.6 Å². The largest absolute Gasteiger partial charge is 0.508 e. The van der Waals surface area contributed by atoms with Crippen LogP contribution in [0.25, 0.3) is 6.08 Å². The highest BCUT2D eigenvalue weighted by Crippen LogP contribution is 2.20. The molecule has 3 aromatic rings. The van der Waals surface area contributed by atoms with Crippen LogP contribution in [0.1, 0.15) is 37.0 Å². The minimum absolute atomic E-state index is 0.0624. The fourth-order valence-electron chi connectivity index (χ4n) is 2.83. The van der Waals surface area contributed by atoms with Crippen molar-refractivity contribution in [1.82, 2.24) is 15.6 Å². The number of hydrogen-bond acceptors (Lipinski definition) is 7. The third-order valence-corrected chi connectivity index (χ3v) is 5.87. The molecule has 0 fully saturated rings. The molecule has 0 aliphatic heterocycles. The molecule has 0 unspecified atom stereocenters. The number of amides is 2. The molecule has 3 rings (SSSR count). The summed E-state index contributed by atoms with van der Waals surface area (Å²) in [6.45, 7) is 2.06. The van der Waals surface area contributed by atoms with Crippen LogP contribution in [0.5, 0.6) is 5.75 Å². The summed E-state index contributed by atoms with van der Waals surface area (Å²) in [6.07, 6.45) is 1.43. The zero-order valence-electron chi connectivity index (χ0n) is 17.7. The number of hydrogen-bond donors (Lipinski definition) is 3. The summed E-state index contributed by atoms with van der Waals surface area (Å²) in [6, 6.07) is 11.1. The van der Waals surface area contributed by atoms with Gasteiger partial charge in [-0.1, -0.05) is 12.1 Å². The highest BCUT2D eigenvalue weighted by molar-refractivity contribution is 9.10. The van der Waals surface area contributed by atoms with Crippen LogP contribution >= 0.6 is 27.3 Å². The van der Waals surface area contributed by atoms with Crippen LogP contribution in [0.3, 0.4) is 0 Å². The number of carbonyl (C=O) groups excluding carboxylic acids is 3. The fraction of sp³-hybridized carbons (Fsp3) is 0.130. The number of halogens is 1. The molecule has 33 heavy (non-hydrogen) atoms. The third-order valence-electron chi connectivity index (χ3n) is 4.42. The molecule has 10 heteroatoms. The van der Waals surface area contributed by atoms with Crippen molar-refractivity contribution in [3.8, 4) is 5.75 Å². The summed E-state index contributed by atoms with van der Waals surface area (Å²) < 4.78 is 5.13. The summed E-state index contributed by atoms with van der Waals surface area (Å²) in [5.74, 6) is -1.50. The number of nitrogens with zero attached hydrogens (tertiary/aromatic N) is 1. The molecule has 0 aliphatic rings. The predicted molar refractivity (Wildman–Crippen MR) is 128 cm³/mol. The summed E-state index contributed by atoms with van der Waals surface area (Å²) in [7, 11) is 1.22. The average molecular weight is 530 g/mol. The lowest BCUT2D eigenvalue weighted by Gasteiger charge is -2.11. The normalized spacial score (nSPS) is 11.1. The molecule has 0 aliphatic carbocycles. The Kier molecular flexibility index (Phi) is 7.96. The van der Waals surface area contributed by atoms with Gasteiger partial charge in [0.1, 0.15) is 11.4 Å². The van der Waals surface area contributed by atoms with Gasteiger partial charge in [-0.15, -0.1) is 11.3 Å². The van der Waals surface area contributed by atoms with E-state index in [1.54, 1.807) is 29.6 Å². The van der Waals surface area contributed by atoms with Crippen LogP contribution in [0.4, 0.5) is 0 Å². The van der Waals surface area contributed by atoms with Gasteiger partial charge in [0.05, 0.1) is 23.4 Å². The van der Waals surface area contributed by atoms with Gasteiger partial charge in [-0.05, 0) is 64.8 Å². The van der Waals surface area contributed by atoms with Crippen molar-refractivity contribution in [3.05, 3.63) is 85.4 Å². The summed E-state index contributed by atoms with van der Waals surface area (Å²) >= 11 is 4.73. The second-order valence-corrected chi connectivity index (χ2v) is 8.76. The van der Waals surface area contributed by atoms with Crippen molar-refractivity contribution in [3.63, 3.8) is 0 Å². The van der Waals surface area contributed by atoms with Gasteiger partial charge in [-0.2, -0.15) is 0 Å². The zero-order chi connectivity index (χ0) is 24.0. The second-order valence-electron chi connectivity index (χ2n) is 6.84. The Morgan fingerprint density at radius 3 is 2.61 bits per heavy atom. The minimum Gasteiger partial charge on any atom is -0.508 e. The van der Waals surface area contributed by atoms with E-state index in [1.165, 1.54) is 42.7 Å². The van der Waals surface area contributed by atoms with Gasteiger partial charge in [0.15, 0.2) is 0 Å². The highest BCUT2D eigenvalue weighted by atomic mass is 79.9. The Balaban J connectivity index is 1.72. The molecule has 2 aromatic carbocycles. The monoisotopic (exact) mass is 529 g/mol. The van der Waals surface area contributed by atoms with Gasteiger partial charge in [0, 0.05) is 22.0 Å². The van der Waals surface area contributed by atoms with E-state index in [4.69, 9.17) is 4.74 Å². The Morgan fingerprint density at radius 1 is 1.18 bits per heavy atom. The number of nitrogens with one attached hydrogen (secondary N) is 2. The number of methoxy groups -OCH3 is 1. The molecule has 2 amide bonds. The van der Waals surface area contributed by atoms with Crippen LogP contribution in [-0.2, 0) is 16.1 Å². The van der Waals surface area contributed by atoms with E-state index in [1.807, 2.05) is 6.92 Å². The van der Waals surface area contributed by atoms with Crippen molar-refractivity contribution in [1.29, 1.82) is 0 Å². The van der Waals surface area contributed by atoms with E-state index in [2.05, 4.69) is 31.5 Å². The number of phenolic OH excluding ortho intramolecular Hbond substituents is 1. The van der Waals surface area contributed by atoms with E-state index >= 15 is 0 Å². The molecule has 0 bridgehead atoms. The van der Waals surface area contributed by atoms with Crippen molar-refractivity contribution >= 4 is 51.1 Å². The van der Waals surface area contributed by atoms with Gasteiger partial charge in [0.2, 0.25) is 0 Å². The van der Waals surface area contributed by atoms with Crippen LogP contribution in [0, 0.1) is 6.92 Å². The highest BCUT2D eigenvalue weighted by Gasteiger charge is 2.18. The quantitative estimate of drug-likeness (QED) is 0.316. The van der Waals surface area contributed by atoms with Gasteiger partial charge in [-0.25, -0.2) is 9.78 Å². The molecule has 0 saturated heterocycles. The summed E-state index contributed by atoms with van der Waals surface area (Å²) in [5.41, 5.74) is 1.77. The topological polar surface area (TPSA) is 118 Å². The van der Waals surface area contributed by atoms with Crippen molar-refractivity contribution < 1.29 is 24.2 Å². The molecule has 1 heterocycles. The number of aromatic hydroxyl groups is 1.